The van der Waals surface area contributed by atoms with Gasteiger partial charge in [0, 0.05) is 5.38 Å². The molecule has 0 fully saturated rings. The highest BCUT2D eigenvalue weighted by atomic mass is 32.1. The number of hydrogen-bond acceptors (Lipinski definition) is 3. The lowest BCUT2D eigenvalue weighted by molar-refractivity contribution is -0.134. The lowest BCUT2D eigenvalue weighted by Crippen LogP contribution is -2.04. The summed E-state index contributed by atoms with van der Waals surface area (Å²) in [6.07, 6.45) is -4.39. The third kappa shape index (κ3) is 2.47. The van der Waals surface area contributed by atoms with Crippen LogP contribution in [-0.4, -0.2) is 12.6 Å². The molecule has 0 saturated heterocycles. The summed E-state index contributed by atoms with van der Waals surface area (Å²) in [6.45, 7) is 1.74. The molecule has 0 saturated carbocycles. The number of hydrogen-bond donors (Lipinski definition) is 0. The highest BCUT2D eigenvalue weighted by Gasteiger charge is 2.33. The van der Waals surface area contributed by atoms with Gasteiger partial charge < -0.3 is 4.74 Å². The van der Waals surface area contributed by atoms with Crippen LogP contribution in [0.4, 0.5) is 13.2 Å². The quantitative estimate of drug-likeness (QED) is 0.722. The third-order valence-electron chi connectivity index (χ3n) is 1.39. The van der Waals surface area contributed by atoms with E-state index in [1.807, 2.05) is 0 Å². The second-order valence-corrected chi connectivity index (χ2v) is 3.33. The maximum atomic E-state index is 12.1. The van der Waals surface area contributed by atoms with Crippen molar-refractivity contribution in [3.05, 3.63) is 21.9 Å². The predicted octanol–water partition coefficient (Wildman–Crippen LogP) is 2.94. The Bertz CT molecular complexity index is 330. The highest BCUT2D eigenvalue weighted by molar-refractivity contribution is 7.10. The normalized spacial score (nSPS) is 11.4. The molecule has 78 valence electrons. The highest BCUT2D eigenvalue weighted by Crippen LogP contribution is 2.34. The van der Waals surface area contributed by atoms with E-state index >= 15 is 0 Å². The number of esters is 1. The van der Waals surface area contributed by atoms with Crippen LogP contribution < -0.4 is 0 Å². The van der Waals surface area contributed by atoms with Crippen LogP contribution in [0.1, 0.15) is 22.2 Å². The number of ether oxygens (including phenoxy) is 1. The van der Waals surface area contributed by atoms with Crippen LogP contribution in [0.2, 0.25) is 0 Å². The zero-order valence-corrected chi connectivity index (χ0v) is 8.04. The summed E-state index contributed by atoms with van der Waals surface area (Å²) >= 11 is 0.485. The molecule has 1 aromatic heterocycles. The summed E-state index contributed by atoms with van der Waals surface area (Å²) in [5.74, 6) is -0.723. The van der Waals surface area contributed by atoms with E-state index in [0.717, 1.165) is 11.4 Å². The van der Waals surface area contributed by atoms with E-state index in [1.54, 1.807) is 6.92 Å². The molecule has 0 aromatic carbocycles. The molecular weight excluding hydrogens is 217 g/mol. The molecule has 2 nitrogen and oxygen atoms in total. The Morgan fingerprint density at radius 2 is 2.21 bits per heavy atom. The number of carbonyl (C=O) groups excluding carboxylic acids is 1. The number of alkyl halides is 3. The fourth-order valence-electron chi connectivity index (χ4n) is 0.806. The average molecular weight is 224 g/mol. The van der Waals surface area contributed by atoms with Gasteiger partial charge in [0.2, 0.25) is 0 Å². The molecule has 1 aromatic rings. The zero-order chi connectivity index (χ0) is 10.8. The first-order valence-electron chi connectivity index (χ1n) is 3.78. The Hall–Kier alpha value is -1.04. The molecule has 0 unspecified atom stereocenters. The van der Waals surface area contributed by atoms with Crippen LogP contribution in [0.3, 0.4) is 0 Å². The summed E-state index contributed by atoms with van der Waals surface area (Å²) in [7, 11) is 0. The van der Waals surface area contributed by atoms with Gasteiger partial charge in [0.1, 0.15) is 4.88 Å². The van der Waals surface area contributed by atoms with Crippen molar-refractivity contribution in [2.75, 3.05) is 6.61 Å². The number of carbonyl (C=O) groups is 1. The maximum absolute atomic E-state index is 12.1. The van der Waals surface area contributed by atoms with Gasteiger partial charge in [-0.2, -0.15) is 13.2 Å². The minimum absolute atomic E-state index is 0.0517. The fourth-order valence-corrected chi connectivity index (χ4v) is 1.55. The SMILES string of the molecule is CCOC(=O)c1csc(C(F)(F)F)c1. The van der Waals surface area contributed by atoms with Gasteiger partial charge in [0.25, 0.3) is 0 Å². The summed E-state index contributed by atoms with van der Waals surface area (Å²) < 4.78 is 40.9. The van der Waals surface area contributed by atoms with E-state index in [1.165, 1.54) is 0 Å². The van der Waals surface area contributed by atoms with E-state index in [2.05, 4.69) is 4.74 Å². The number of halogens is 3. The predicted molar refractivity (Wildman–Crippen MR) is 45.3 cm³/mol. The van der Waals surface area contributed by atoms with Crippen LogP contribution in [-0.2, 0) is 10.9 Å². The molecule has 0 aliphatic carbocycles. The molecule has 0 aliphatic rings. The molecule has 0 radical (unpaired) electrons. The molecule has 0 bridgehead atoms. The molecular formula is C8H7F3O2S. The van der Waals surface area contributed by atoms with Gasteiger partial charge in [-0.25, -0.2) is 4.79 Å². The first-order chi connectivity index (χ1) is 6.45. The summed E-state index contributed by atoms with van der Waals surface area (Å²) in [4.78, 5) is 10.2. The summed E-state index contributed by atoms with van der Waals surface area (Å²) in [6, 6.07) is 0.794. The van der Waals surface area contributed by atoms with Gasteiger partial charge in [-0.05, 0) is 13.0 Å². The second-order valence-electron chi connectivity index (χ2n) is 2.42. The van der Waals surface area contributed by atoms with Crippen molar-refractivity contribution in [3.8, 4) is 0 Å². The minimum Gasteiger partial charge on any atom is -0.462 e. The van der Waals surface area contributed by atoms with Gasteiger partial charge in [-0.1, -0.05) is 0 Å². The third-order valence-corrected chi connectivity index (χ3v) is 2.37. The monoisotopic (exact) mass is 224 g/mol. The first kappa shape index (κ1) is 11.0. The molecule has 0 spiro atoms. The molecule has 14 heavy (non-hydrogen) atoms. The molecule has 0 amide bonds. The molecule has 0 aliphatic heterocycles. The maximum Gasteiger partial charge on any atom is 0.425 e. The van der Waals surface area contributed by atoms with E-state index in [-0.39, 0.29) is 12.2 Å². The van der Waals surface area contributed by atoms with Crippen LogP contribution in [0.25, 0.3) is 0 Å². The Morgan fingerprint density at radius 3 is 2.64 bits per heavy atom. The molecule has 1 rings (SSSR count). The van der Waals surface area contributed by atoms with E-state index in [4.69, 9.17) is 0 Å². The van der Waals surface area contributed by atoms with Crippen LogP contribution >= 0.6 is 11.3 Å². The van der Waals surface area contributed by atoms with Gasteiger partial charge in [-0.3, -0.25) is 0 Å². The lowest BCUT2D eigenvalue weighted by atomic mass is 10.3. The van der Waals surface area contributed by atoms with Crippen LogP contribution in [0, 0.1) is 0 Å². The van der Waals surface area contributed by atoms with E-state index in [0.29, 0.717) is 11.3 Å². The molecule has 0 N–H and O–H groups in total. The summed E-state index contributed by atoms with van der Waals surface area (Å²) in [5, 5.41) is 1.14. The van der Waals surface area contributed by atoms with Crippen LogP contribution in [0.15, 0.2) is 11.4 Å². The standard InChI is InChI=1S/C8H7F3O2S/c1-2-13-7(12)5-3-6(14-4-5)8(9,10)11/h3-4H,2H2,1H3. The van der Waals surface area contributed by atoms with Gasteiger partial charge in [0.15, 0.2) is 0 Å². The van der Waals surface area contributed by atoms with Gasteiger partial charge in [-0.15, -0.1) is 11.3 Å². The van der Waals surface area contributed by atoms with Crippen molar-refractivity contribution in [2.45, 2.75) is 13.1 Å². The first-order valence-corrected chi connectivity index (χ1v) is 4.66. The number of thiophene rings is 1. The van der Waals surface area contributed by atoms with Crippen molar-refractivity contribution in [1.29, 1.82) is 0 Å². The lowest BCUT2D eigenvalue weighted by Gasteiger charge is -2.00. The Labute approximate surface area is 82.3 Å². The van der Waals surface area contributed by atoms with Crippen molar-refractivity contribution in [3.63, 3.8) is 0 Å². The average Bonchev–Trinajstić information content (AvgIpc) is 2.51. The molecule has 1 heterocycles. The summed E-state index contributed by atoms with van der Waals surface area (Å²) in [5.41, 5.74) is -0.0517. The van der Waals surface area contributed by atoms with Crippen LogP contribution in [0.5, 0.6) is 0 Å². The largest absolute Gasteiger partial charge is 0.462 e. The van der Waals surface area contributed by atoms with Gasteiger partial charge in [0.05, 0.1) is 12.2 Å². The van der Waals surface area contributed by atoms with E-state index in [9.17, 15) is 18.0 Å². The molecule has 0 atom stereocenters. The fraction of sp³-hybridized carbons (Fsp3) is 0.375. The minimum atomic E-state index is -4.39. The Morgan fingerprint density at radius 1 is 1.57 bits per heavy atom. The van der Waals surface area contributed by atoms with E-state index < -0.39 is 17.0 Å². The Kier molecular flexibility index (Phi) is 3.15. The zero-order valence-electron chi connectivity index (χ0n) is 7.22. The molecule has 6 heteroatoms. The van der Waals surface area contributed by atoms with Crippen molar-refractivity contribution in [2.24, 2.45) is 0 Å². The van der Waals surface area contributed by atoms with Crippen molar-refractivity contribution >= 4 is 17.3 Å². The Balaban J connectivity index is 2.83. The smallest absolute Gasteiger partial charge is 0.425 e. The number of rotatable bonds is 2. The van der Waals surface area contributed by atoms with Crippen molar-refractivity contribution < 1.29 is 22.7 Å². The van der Waals surface area contributed by atoms with Gasteiger partial charge >= 0.3 is 12.1 Å². The van der Waals surface area contributed by atoms with Crippen molar-refractivity contribution in [1.82, 2.24) is 0 Å². The second kappa shape index (κ2) is 4.00. The topological polar surface area (TPSA) is 26.3 Å².